The Morgan fingerprint density at radius 1 is 0.867 bits per heavy atom. The molecule has 30 heavy (non-hydrogen) atoms. The minimum atomic E-state index is -0.555. The number of aromatic amines is 1. The summed E-state index contributed by atoms with van der Waals surface area (Å²) in [5, 5.41) is 19.6. The monoisotopic (exact) mass is 399 g/mol. The fourth-order valence-electron chi connectivity index (χ4n) is 2.85. The molecule has 0 bridgehead atoms. The second-order valence-corrected chi connectivity index (χ2v) is 6.33. The number of hydrogen-bond donors (Lipinski definition) is 3. The molecule has 0 unspecified atom stereocenters. The Hall–Kier alpha value is -4.40. The van der Waals surface area contributed by atoms with Gasteiger partial charge in [-0.1, -0.05) is 41.6 Å². The Labute approximate surface area is 171 Å². The lowest BCUT2D eigenvalue weighted by molar-refractivity contribution is 0.0941. The summed E-state index contributed by atoms with van der Waals surface area (Å²) in [5.74, 6) is -0.279. The van der Waals surface area contributed by atoms with E-state index in [1.54, 1.807) is 48.7 Å². The third-order valence-corrected chi connectivity index (χ3v) is 4.33. The van der Waals surface area contributed by atoms with Crippen LogP contribution in [0.5, 0.6) is 0 Å². The normalized spacial score (nSPS) is 11.5. The van der Waals surface area contributed by atoms with Crippen molar-refractivity contribution in [1.29, 1.82) is 0 Å². The third kappa shape index (κ3) is 4.36. The zero-order valence-electron chi connectivity index (χ0n) is 15.7. The molecule has 4 aromatic rings. The van der Waals surface area contributed by atoms with E-state index in [2.05, 4.69) is 36.2 Å². The Morgan fingerprint density at radius 3 is 2.30 bits per heavy atom. The van der Waals surface area contributed by atoms with Gasteiger partial charge in [-0.15, -0.1) is 10.2 Å². The van der Waals surface area contributed by atoms with Crippen molar-refractivity contribution in [3.63, 3.8) is 0 Å². The Balaban J connectivity index is 1.47. The first kappa shape index (κ1) is 18.9. The highest BCUT2D eigenvalue weighted by Gasteiger charge is 2.21. The number of amides is 2. The summed E-state index contributed by atoms with van der Waals surface area (Å²) in [6.45, 7) is 0. The van der Waals surface area contributed by atoms with E-state index < -0.39 is 6.04 Å². The zero-order valence-corrected chi connectivity index (χ0v) is 15.7. The number of carbonyl (C=O) groups excluding carboxylic acids is 2. The molecule has 9 heteroatoms. The molecule has 2 aromatic heterocycles. The highest BCUT2D eigenvalue weighted by molar-refractivity contribution is 6.03. The molecular weight excluding hydrogens is 382 g/mol. The Kier molecular flexibility index (Phi) is 5.52. The maximum atomic E-state index is 12.8. The van der Waals surface area contributed by atoms with E-state index in [1.807, 2.05) is 30.3 Å². The fraction of sp³-hybridized carbons (Fsp3) is 0.0476. The molecule has 2 heterocycles. The van der Waals surface area contributed by atoms with Gasteiger partial charge in [-0.25, -0.2) is 0 Å². The number of anilines is 1. The van der Waals surface area contributed by atoms with Gasteiger partial charge in [0.05, 0.1) is 0 Å². The van der Waals surface area contributed by atoms with Crippen LogP contribution in [0.3, 0.4) is 0 Å². The molecule has 0 aliphatic rings. The first-order valence-electron chi connectivity index (χ1n) is 9.12. The topological polar surface area (TPSA) is 126 Å². The predicted octanol–water partition coefficient (Wildman–Crippen LogP) is 2.37. The number of benzene rings is 2. The summed E-state index contributed by atoms with van der Waals surface area (Å²) >= 11 is 0. The minimum absolute atomic E-state index is 0.309. The van der Waals surface area contributed by atoms with Crippen LogP contribution in [0.15, 0.2) is 79.0 Å². The van der Waals surface area contributed by atoms with Crippen LogP contribution in [-0.2, 0) is 0 Å². The molecule has 9 nitrogen and oxygen atoms in total. The van der Waals surface area contributed by atoms with E-state index in [-0.39, 0.29) is 11.8 Å². The second kappa shape index (κ2) is 8.74. The van der Waals surface area contributed by atoms with E-state index in [4.69, 9.17) is 0 Å². The largest absolute Gasteiger partial charge is 0.338 e. The van der Waals surface area contributed by atoms with Crippen molar-refractivity contribution in [3.8, 4) is 0 Å². The van der Waals surface area contributed by atoms with Crippen LogP contribution < -0.4 is 10.6 Å². The van der Waals surface area contributed by atoms with Crippen molar-refractivity contribution in [2.24, 2.45) is 0 Å². The van der Waals surface area contributed by atoms with E-state index in [0.717, 1.165) is 5.56 Å². The summed E-state index contributed by atoms with van der Waals surface area (Å²) in [4.78, 5) is 29.0. The molecule has 4 rings (SSSR count). The lowest BCUT2D eigenvalue weighted by Crippen LogP contribution is -2.30. The number of hydrogen-bond acceptors (Lipinski definition) is 6. The second-order valence-electron chi connectivity index (χ2n) is 6.33. The van der Waals surface area contributed by atoms with Gasteiger partial charge >= 0.3 is 0 Å². The quantitative estimate of drug-likeness (QED) is 0.457. The number of rotatable bonds is 6. The molecule has 2 amide bonds. The molecule has 0 saturated heterocycles. The maximum Gasteiger partial charge on any atom is 0.274 e. The van der Waals surface area contributed by atoms with Gasteiger partial charge in [0.15, 0.2) is 0 Å². The third-order valence-electron chi connectivity index (χ3n) is 4.33. The predicted molar refractivity (Wildman–Crippen MR) is 109 cm³/mol. The van der Waals surface area contributed by atoms with Crippen molar-refractivity contribution in [2.45, 2.75) is 6.04 Å². The highest BCUT2D eigenvalue weighted by atomic mass is 16.2. The van der Waals surface area contributed by atoms with E-state index in [1.165, 1.54) is 0 Å². The molecule has 0 aliphatic heterocycles. The van der Waals surface area contributed by atoms with Crippen LogP contribution in [0.1, 0.15) is 38.3 Å². The van der Waals surface area contributed by atoms with Gasteiger partial charge in [-0.3, -0.25) is 14.6 Å². The summed E-state index contributed by atoms with van der Waals surface area (Å²) in [6.07, 6.45) is 1.55. The number of pyridine rings is 1. The van der Waals surface area contributed by atoms with E-state index >= 15 is 0 Å². The number of carbonyl (C=O) groups is 2. The number of tetrazole rings is 1. The average Bonchev–Trinajstić information content (AvgIpc) is 3.33. The molecule has 148 valence electrons. The SMILES string of the molecule is O=C(N[C@H](c1ccccc1)c1nn[nH]n1)c1ccc(NC(=O)c2ccccn2)cc1. The maximum absolute atomic E-state index is 12.8. The van der Waals surface area contributed by atoms with Crippen LogP contribution in [-0.4, -0.2) is 37.4 Å². The average molecular weight is 399 g/mol. The molecule has 3 N–H and O–H groups in total. The van der Waals surface area contributed by atoms with Crippen molar-refractivity contribution in [1.82, 2.24) is 30.9 Å². The summed E-state index contributed by atoms with van der Waals surface area (Å²) in [6, 6.07) is 20.5. The van der Waals surface area contributed by atoms with Gasteiger partial charge in [-0.2, -0.15) is 5.21 Å². The lowest BCUT2D eigenvalue weighted by Gasteiger charge is -2.16. The fourth-order valence-corrected chi connectivity index (χ4v) is 2.85. The molecular formula is C21H17N7O2. The smallest absolute Gasteiger partial charge is 0.274 e. The first-order valence-corrected chi connectivity index (χ1v) is 9.12. The van der Waals surface area contributed by atoms with Crippen LogP contribution in [0.2, 0.25) is 0 Å². The van der Waals surface area contributed by atoms with Gasteiger partial charge in [0.1, 0.15) is 11.7 Å². The van der Waals surface area contributed by atoms with Crippen molar-refractivity contribution in [3.05, 3.63) is 102 Å². The van der Waals surface area contributed by atoms with Crippen molar-refractivity contribution in [2.75, 3.05) is 5.32 Å². The highest BCUT2D eigenvalue weighted by Crippen LogP contribution is 2.19. The Bertz CT molecular complexity index is 1120. The number of nitrogens with zero attached hydrogens (tertiary/aromatic N) is 4. The van der Waals surface area contributed by atoms with Gasteiger partial charge in [0.2, 0.25) is 5.82 Å². The van der Waals surface area contributed by atoms with Crippen molar-refractivity contribution >= 4 is 17.5 Å². The van der Waals surface area contributed by atoms with Crippen LogP contribution >= 0.6 is 0 Å². The van der Waals surface area contributed by atoms with Gasteiger partial charge in [-0.05, 0) is 42.0 Å². The summed E-state index contributed by atoms with van der Waals surface area (Å²) in [7, 11) is 0. The summed E-state index contributed by atoms with van der Waals surface area (Å²) < 4.78 is 0. The Morgan fingerprint density at radius 2 is 1.63 bits per heavy atom. The van der Waals surface area contributed by atoms with E-state index in [9.17, 15) is 9.59 Å². The molecule has 0 saturated carbocycles. The van der Waals surface area contributed by atoms with Gasteiger partial charge in [0.25, 0.3) is 11.8 Å². The molecule has 2 aromatic carbocycles. The molecule has 1 atom stereocenters. The molecule has 0 spiro atoms. The minimum Gasteiger partial charge on any atom is -0.338 e. The lowest BCUT2D eigenvalue weighted by atomic mass is 10.1. The standard InChI is InChI=1S/C21H17N7O2/c29-20(24-18(19-25-27-28-26-19)14-6-2-1-3-7-14)15-9-11-16(12-10-15)23-21(30)17-8-4-5-13-22-17/h1-13,18H,(H,23,30)(H,24,29)(H,25,26,27,28)/t18-/m1/s1. The summed E-state index contributed by atoms with van der Waals surface area (Å²) in [5.41, 5.74) is 2.12. The number of nitrogens with one attached hydrogen (secondary N) is 3. The zero-order chi connectivity index (χ0) is 20.8. The molecule has 0 fully saturated rings. The van der Waals surface area contributed by atoms with Gasteiger partial charge in [0, 0.05) is 17.4 Å². The van der Waals surface area contributed by atoms with E-state index in [0.29, 0.717) is 22.8 Å². The van der Waals surface area contributed by atoms with Crippen molar-refractivity contribution < 1.29 is 9.59 Å². The van der Waals surface area contributed by atoms with Gasteiger partial charge < -0.3 is 10.6 Å². The number of H-pyrrole nitrogens is 1. The molecule has 0 radical (unpaired) electrons. The first-order chi connectivity index (χ1) is 14.7. The van der Waals surface area contributed by atoms with Crippen LogP contribution in [0.4, 0.5) is 5.69 Å². The molecule has 0 aliphatic carbocycles. The number of aromatic nitrogens is 5. The van der Waals surface area contributed by atoms with Crippen LogP contribution in [0.25, 0.3) is 0 Å². The van der Waals surface area contributed by atoms with Crippen LogP contribution in [0, 0.1) is 0 Å².